The van der Waals surface area contributed by atoms with Crippen molar-refractivity contribution in [2.75, 3.05) is 13.2 Å². The highest BCUT2D eigenvalue weighted by atomic mass is 16.5. The normalized spacial score (nSPS) is 25.6. The maximum Gasteiger partial charge on any atom is 0.0494 e. The highest BCUT2D eigenvalue weighted by Gasteiger charge is 2.21. The molecule has 0 unspecified atom stereocenters. The smallest absolute Gasteiger partial charge is 0.0494 e. The number of hydrogen-bond donors (Lipinski definition) is 0. The van der Waals surface area contributed by atoms with Gasteiger partial charge in [-0.05, 0) is 50.0 Å². The molecule has 1 saturated carbocycles. The van der Waals surface area contributed by atoms with Gasteiger partial charge >= 0.3 is 0 Å². The van der Waals surface area contributed by atoms with Crippen LogP contribution in [0.3, 0.4) is 0 Å². The van der Waals surface area contributed by atoms with Crippen molar-refractivity contribution >= 4 is 0 Å². The summed E-state index contributed by atoms with van der Waals surface area (Å²) < 4.78 is 5.51. The Bertz CT molecular complexity index is 286. The first kappa shape index (κ1) is 11.7. The van der Waals surface area contributed by atoms with Gasteiger partial charge in [-0.15, -0.1) is 0 Å². The van der Waals surface area contributed by atoms with Crippen LogP contribution in [0.5, 0.6) is 0 Å². The molecule has 1 fully saturated rings. The van der Waals surface area contributed by atoms with E-state index in [2.05, 4.69) is 37.3 Å². The summed E-state index contributed by atoms with van der Waals surface area (Å²) >= 11 is 0. The SMILES string of the molecule is CCOCC1CCC(c2ccccc2)CC1. The average Bonchev–Trinajstić information content (AvgIpc) is 2.38. The van der Waals surface area contributed by atoms with Crippen molar-refractivity contribution in [3.63, 3.8) is 0 Å². The summed E-state index contributed by atoms with van der Waals surface area (Å²) in [4.78, 5) is 0. The molecule has 0 bridgehead atoms. The van der Waals surface area contributed by atoms with Gasteiger partial charge in [-0.1, -0.05) is 30.3 Å². The average molecular weight is 218 g/mol. The lowest BCUT2D eigenvalue weighted by Crippen LogP contribution is -2.17. The van der Waals surface area contributed by atoms with Gasteiger partial charge in [0.15, 0.2) is 0 Å². The zero-order chi connectivity index (χ0) is 11.2. The molecule has 0 spiro atoms. The first-order valence-electron chi connectivity index (χ1n) is 6.53. The zero-order valence-electron chi connectivity index (χ0n) is 10.2. The Morgan fingerprint density at radius 1 is 1.06 bits per heavy atom. The molecule has 0 radical (unpaired) electrons. The third kappa shape index (κ3) is 3.08. The molecule has 1 aromatic carbocycles. The summed E-state index contributed by atoms with van der Waals surface area (Å²) in [5, 5.41) is 0. The molecule has 0 saturated heterocycles. The van der Waals surface area contributed by atoms with Crippen LogP contribution in [-0.4, -0.2) is 13.2 Å². The predicted octanol–water partition coefficient (Wildman–Crippen LogP) is 4.00. The van der Waals surface area contributed by atoms with Gasteiger partial charge in [0.25, 0.3) is 0 Å². The minimum atomic E-state index is 0.791. The Morgan fingerprint density at radius 3 is 2.38 bits per heavy atom. The Kier molecular flexibility index (Phi) is 4.41. The van der Waals surface area contributed by atoms with Crippen LogP contribution in [0.1, 0.15) is 44.1 Å². The molecule has 1 heteroatoms. The van der Waals surface area contributed by atoms with Gasteiger partial charge in [-0.3, -0.25) is 0 Å². The quantitative estimate of drug-likeness (QED) is 0.742. The van der Waals surface area contributed by atoms with Crippen LogP contribution in [0.4, 0.5) is 0 Å². The van der Waals surface area contributed by atoms with E-state index >= 15 is 0 Å². The van der Waals surface area contributed by atoms with Gasteiger partial charge in [0.2, 0.25) is 0 Å². The molecule has 0 heterocycles. The molecule has 1 nitrogen and oxygen atoms in total. The zero-order valence-corrected chi connectivity index (χ0v) is 10.2. The summed E-state index contributed by atoms with van der Waals surface area (Å²) in [5.41, 5.74) is 1.53. The predicted molar refractivity (Wildman–Crippen MR) is 67.6 cm³/mol. The van der Waals surface area contributed by atoms with Crippen molar-refractivity contribution in [3.8, 4) is 0 Å². The van der Waals surface area contributed by atoms with Crippen molar-refractivity contribution in [1.82, 2.24) is 0 Å². The van der Waals surface area contributed by atoms with Crippen LogP contribution in [0.15, 0.2) is 30.3 Å². The Morgan fingerprint density at radius 2 is 1.75 bits per heavy atom. The highest BCUT2D eigenvalue weighted by molar-refractivity contribution is 5.19. The van der Waals surface area contributed by atoms with Crippen molar-refractivity contribution in [2.24, 2.45) is 5.92 Å². The topological polar surface area (TPSA) is 9.23 Å². The van der Waals surface area contributed by atoms with E-state index in [0.29, 0.717) is 0 Å². The maximum atomic E-state index is 5.51. The minimum absolute atomic E-state index is 0.791. The van der Waals surface area contributed by atoms with Gasteiger partial charge in [-0.25, -0.2) is 0 Å². The molecule has 0 N–H and O–H groups in total. The minimum Gasteiger partial charge on any atom is -0.381 e. The molecule has 1 aliphatic rings. The van der Waals surface area contributed by atoms with Gasteiger partial charge in [-0.2, -0.15) is 0 Å². The number of benzene rings is 1. The van der Waals surface area contributed by atoms with Crippen molar-refractivity contribution in [3.05, 3.63) is 35.9 Å². The van der Waals surface area contributed by atoms with Crippen molar-refractivity contribution in [2.45, 2.75) is 38.5 Å². The monoisotopic (exact) mass is 218 g/mol. The van der Waals surface area contributed by atoms with Crippen molar-refractivity contribution < 1.29 is 4.74 Å². The van der Waals surface area contributed by atoms with E-state index in [1.54, 1.807) is 0 Å². The van der Waals surface area contributed by atoms with Crippen LogP contribution in [0.25, 0.3) is 0 Å². The molecular formula is C15H22O. The van der Waals surface area contributed by atoms with E-state index in [1.165, 1.54) is 31.2 Å². The molecule has 0 atom stereocenters. The molecule has 2 rings (SSSR count). The van der Waals surface area contributed by atoms with E-state index in [4.69, 9.17) is 4.74 Å². The Hall–Kier alpha value is -0.820. The molecule has 88 valence electrons. The second-order valence-electron chi connectivity index (χ2n) is 4.79. The summed E-state index contributed by atoms with van der Waals surface area (Å²) in [6.07, 6.45) is 5.34. The van der Waals surface area contributed by atoms with Crippen LogP contribution in [-0.2, 0) is 4.74 Å². The number of hydrogen-bond acceptors (Lipinski definition) is 1. The van der Waals surface area contributed by atoms with Gasteiger partial charge < -0.3 is 4.74 Å². The molecule has 0 aliphatic heterocycles. The molecule has 1 aromatic rings. The molecule has 0 amide bonds. The van der Waals surface area contributed by atoms with Gasteiger partial charge in [0.1, 0.15) is 0 Å². The Labute approximate surface area is 98.8 Å². The van der Waals surface area contributed by atoms with E-state index in [1.807, 2.05) is 0 Å². The first-order valence-corrected chi connectivity index (χ1v) is 6.53. The van der Waals surface area contributed by atoms with Crippen LogP contribution in [0.2, 0.25) is 0 Å². The molecule has 0 aromatic heterocycles. The van der Waals surface area contributed by atoms with Crippen LogP contribution >= 0.6 is 0 Å². The lowest BCUT2D eigenvalue weighted by molar-refractivity contribution is 0.0920. The lowest BCUT2D eigenvalue weighted by atomic mass is 9.79. The van der Waals surface area contributed by atoms with E-state index in [9.17, 15) is 0 Å². The third-order valence-electron chi connectivity index (χ3n) is 3.68. The first-order chi connectivity index (χ1) is 7.90. The molecule has 16 heavy (non-hydrogen) atoms. The van der Waals surface area contributed by atoms with E-state index in [0.717, 1.165) is 25.0 Å². The maximum absolute atomic E-state index is 5.51. The molecule has 1 aliphatic carbocycles. The summed E-state index contributed by atoms with van der Waals surface area (Å²) in [6, 6.07) is 11.0. The highest BCUT2D eigenvalue weighted by Crippen LogP contribution is 2.35. The second-order valence-corrected chi connectivity index (χ2v) is 4.79. The summed E-state index contributed by atoms with van der Waals surface area (Å²) in [7, 11) is 0. The second kappa shape index (κ2) is 6.05. The summed E-state index contributed by atoms with van der Waals surface area (Å²) in [5.74, 6) is 1.60. The largest absolute Gasteiger partial charge is 0.381 e. The van der Waals surface area contributed by atoms with E-state index < -0.39 is 0 Å². The number of ether oxygens (including phenoxy) is 1. The number of rotatable bonds is 4. The summed E-state index contributed by atoms with van der Waals surface area (Å²) in [6.45, 7) is 3.91. The fourth-order valence-corrected chi connectivity index (χ4v) is 2.67. The van der Waals surface area contributed by atoms with E-state index in [-0.39, 0.29) is 0 Å². The lowest BCUT2D eigenvalue weighted by Gasteiger charge is -2.28. The Balaban J connectivity index is 1.81. The van der Waals surface area contributed by atoms with Crippen LogP contribution in [0, 0.1) is 5.92 Å². The van der Waals surface area contributed by atoms with Gasteiger partial charge in [0, 0.05) is 13.2 Å². The standard InChI is InChI=1S/C15H22O/c1-2-16-12-13-8-10-15(11-9-13)14-6-4-3-5-7-14/h3-7,13,15H,2,8-12H2,1H3. The van der Waals surface area contributed by atoms with Crippen LogP contribution < -0.4 is 0 Å². The fourth-order valence-electron chi connectivity index (χ4n) is 2.67. The van der Waals surface area contributed by atoms with Gasteiger partial charge in [0.05, 0.1) is 0 Å². The molecular weight excluding hydrogens is 196 g/mol. The fraction of sp³-hybridized carbons (Fsp3) is 0.600. The third-order valence-corrected chi connectivity index (χ3v) is 3.68. The van der Waals surface area contributed by atoms with Crippen molar-refractivity contribution in [1.29, 1.82) is 0 Å².